The molecule has 0 N–H and O–H groups in total. The molecular weight excluding hydrogens is 342 g/mol. The van der Waals surface area contributed by atoms with Crippen LogP contribution in [-0.2, 0) is 12.4 Å². The summed E-state index contributed by atoms with van der Waals surface area (Å²) < 4.78 is 16.1. The van der Waals surface area contributed by atoms with Gasteiger partial charge in [-0.2, -0.15) is 0 Å². The third kappa shape index (κ3) is 2.53. The summed E-state index contributed by atoms with van der Waals surface area (Å²) in [5, 5.41) is 0.0731. The number of rotatable bonds is 3. The van der Waals surface area contributed by atoms with E-state index in [1.165, 1.54) is 17.4 Å². The number of hydrogen-bond acceptors (Lipinski definition) is 2. The van der Waals surface area contributed by atoms with E-state index in [1.807, 2.05) is 16.7 Å². The molecule has 0 radical (unpaired) electrons. The fraction of sp³-hybridized carbons (Fsp3) is 0.154. The van der Waals surface area contributed by atoms with Crippen molar-refractivity contribution in [3.8, 4) is 0 Å². The molecule has 0 atom stereocenters. The van der Waals surface area contributed by atoms with Gasteiger partial charge in [-0.15, -0.1) is 22.9 Å². The quantitative estimate of drug-likeness (QED) is 0.584. The van der Waals surface area contributed by atoms with Gasteiger partial charge >= 0.3 is 0 Å². The number of imidazole rings is 1. The molecule has 3 aromatic rings. The van der Waals surface area contributed by atoms with Crippen molar-refractivity contribution in [2.24, 2.45) is 0 Å². The number of halogens is 4. The molecule has 0 saturated heterocycles. The van der Waals surface area contributed by atoms with Crippen molar-refractivity contribution in [3.63, 3.8) is 0 Å². The van der Waals surface area contributed by atoms with Gasteiger partial charge in [-0.05, 0) is 18.2 Å². The minimum atomic E-state index is -0.482. The van der Waals surface area contributed by atoms with Crippen LogP contribution in [0.25, 0.3) is 11.0 Å². The van der Waals surface area contributed by atoms with Crippen LogP contribution in [0.2, 0.25) is 9.36 Å². The van der Waals surface area contributed by atoms with E-state index in [0.29, 0.717) is 17.9 Å². The molecule has 0 aliphatic rings. The number of thiophene rings is 1. The highest BCUT2D eigenvalue weighted by Crippen LogP contribution is 2.28. The predicted octanol–water partition coefficient (Wildman–Crippen LogP) is 5.33. The second-order valence-electron chi connectivity index (χ2n) is 4.21. The Morgan fingerprint density at radius 1 is 1.25 bits per heavy atom. The molecule has 0 aliphatic heterocycles. The van der Waals surface area contributed by atoms with Gasteiger partial charge in [0, 0.05) is 10.9 Å². The van der Waals surface area contributed by atoms with E-state index in [1.54, 1.807) is 6.07 Å². The number of aromatic nitrogens is 2. The Kier molecular flexibility index (Phi) is 3.91. The SMILES string of the molecule is Fc1cc2nc(CCl)n(Cc3ccc(Cl)s3)c2cc1Cl. The maximum atomic E-state index is 13.5. The highest BCUT2D eigenvalue weighted by atomic mass is 35.5. The molecule has 0 aliphatic carbocycles. The Labute approximate surface area is 133 Å². The lowest BCUT2D eigenvalue weighted by Gasteiger charge is -2.06. The van der Waals surface area contributed by atoms with Crippen molar-refractivity contribution in [1.82, 2.24) is 9.55 Å². The average Bonchev–Trinajstić information content (AvgIpc) is 2.96. The summed E-state index contributed by atoms with van der Waals surface area (Å²) in [6.07, 6.45) is 0. The summed E-state index contributed by atoms with van der Waals surface area (Å²) in [5.41, 5.74) is 1.31. The lowest BCUT2D eigenvalue weighted by molar-refractivity contribution is 0.629. The highest BCUT2D eigenvalue weighted by molar-refractivity contribution is 7.16. The summed E-state index contributed by atoms with van der Waals surface area (Å²) in [6, 6.07) is 6.69. The zero-order valence-corrected chi connectivity index (χ0v) is 13.1. The van der Waals surface area contributed by atoms with Crippen LogP contribution in [-0.4, -0.2) is 9.55 Å². The van der Waals surface area contributed by atoms with Gasteiger partial charge < -0.3 is 4.57 Å². The van der Waals surface area contributed by atoms with Crippen LogP contribution in [0.1, 0.15) is 10.7 Å². The number of fused-ring (bicyclic) bond motifs is 1. The fourth-order valence-electron chi connectivity index (χ4n) is 2.04. The number of alkyl halides is 1. The molecule has 0 amide bonds. The molecule has 2 nitrogen and oxygen atoms in total. The van der Waals surface area contributed by atoms with Crippen LogP contribution in [0.5, 0.6) is 0 Å². The van der Waals surface area contributed by atoms with E-state index in [2.05, 4.69) is 4.98 Å². The van der Waals surface area contributed by atoms with Gasteiger partial charge in [0.05, 0.1) is 32.8 Å². The van der Waals surface area contributed by atoms with E-state index < -0.39 is 5.82 Å². The van der Waals surface area contributed by atoms with Crippen molar-refractivity contribution in [2.75, 3.05) is 0 Å². The number of nitrogens with zero attached hydrogens (tertiary/aromatic N) is 2. The standard InChI is InChI=1S/C13H8Cl3FN2S/c14-5-13-18-10-4-9(17)8(15)3-11(10)19(13)6-7-1-2-12(16)20-7/h1-4H,5-6H2. The molecule has 3 rings (SSSR count). The highest BCUT2D eigenvalue weighted by Gasteiger charge is 2.14. The van der Waals surface area contributed by atoms with E-state index in [9.17, 15) is 4.39 Å². The fourth-order valence-corrected chi connectivity index (χ4v) is 3.48. The predicted molar refractivity (Wildman–Crippen MR) is 82.7 cm³/mol. The summed E-state index contributed by atoms with van der Waals surface area (Å²) in [5.74, 6) is 0.435. The monoisotopic (exact) mass is 348 g/mol. The molecule has 7 heteroatoms. The molecule has 0 unspecified atom stereocenters. The minimum Gasteiger partial charge on any atom is -0.322 e. The minimum absolute atomic E-state index is 0.0731. The summed E-state index contributed by atoms with van der Waals surface area (Å²) in [4.78, 5) is 5.41. The van der Waals surface area contributed by atoms with E-state index in [-0.39, 0.29) is 10.9 Å². The Morgan fingerprint density at radius 3 is 2.70 bits per heavy atom. The second-order valence-corrected chi connectivity index (χ2v) is 6.68. The topological polar surface area (TPSA) is 17.8 Å². The Morgan fingerprint density at radius 2 is 2.05 bits per heavy atom. The molecular formula is C13H8Cl3FN2S. The van der Waals surface area contributed by atoms with Gasteiger partial charge in [-0.1, -0.05) is 23.2 Å². The van der Waals surface area contributed by atoms with Crippen molar-refractivity contribution in [3.05, 3.63) is 50.1 Å². The van der Waals surface area contributed by atoms with E-state index >= 15 is 0 Å². The van der Waals surface area contributed by atoms with Crippen LogP contribution in [0, 0.1) is 5.82 Å². The Hall–Kier alpha value is -0.810. The first-order valence-corrected chi connectivity index (χ1v) is 7.83. The van der Waals surface area contributed by atoms with E-state index in [0.717, 1.165) is 14.7 Å². The van der Waals surface area contributed by atoms with Crippen LogP contribution in [0.15, 0.2) is 24.3 Å². The van der Waals surface area contributed by atoms with Gasteiger partial charge in [-0.3, -0.25) is 0 Å². The Bertz CT molecular complexity index is 781. The largest absolute Gasteiger partial charge is 0.322 e. The van der Waals surface area contributed by atoms with Crippen molar-refractivity contribution in [1.29, 1.82) is 0 Å². The average molecular weight is 350 g/mol. The molecule has 0 bridgehead atoms. The molecule has 20 heavy (non-hydrogen) atoms. The Balaban J connectivity index is 2.14. The summed E-state index contributed by atoms with van der Waals surface area (Å²) >= 11 is 19.2. The smallest absolute Gasteiger partial charge is 0.144 e. The van der Waals surface area contributed by atoms with Crippen LogP contribution in [0.4, 0.5) is 4.39 Å². The second kappa shape index (κ2) is 5.53. The van der Waals surface area contributed by atoms with Crippen LogP contribution in [0.3, 0.4) is 0 Å². The lowest BCUT2D eigenvalue weighted by atomic mass is 10.3. The zero-order valence-electron chi connectivity index (χ0n) is 10.0. The first-order valence-electron chi connectivity index (χ1n) is 5.73. The van der Waals surface area contributed by atoms with E-state index in [4.69, 9.17) is 34.8 Å². The maximum absolute atomic E-state index is 13.5. The van der Waals surface area contributed by atoms with Crippen molar-refractivity contribution >= 4 is 57.2 Å². The first-order chi connectivity index (χ1) is 9.58. The normalized spacial score (nSPS) is 11.4. The summed E-state index contributed by atoms with van der Waals surface area (Å²) in [6.45, 7) is 0.581. The molecule has 1 aromatic carbocycles. The molecule has 0 fully saturated rings. The number of benzene rings is 1. The third-order valence-corrected chi connectivity index (χ3v) is 4.68. The molecule has 0 saturated carbocycles. The lowest BCUT2D eigenvalue weighted by Crippen LogP contribution is -2.02. The van der Waals surface area contributed by atoms with Crippen molar-refractivity contribution < 1.29 is 4.39 Å². The maximum Gasteiger partial charge on any atom is 0.144 e. The summed E-state index contributed by atoms with van der Waals surface area (Å²) in [7, 11) is 0. The van der Waals surface area contributed by atoms with Gasteiger partial charge in [0.2, 0.25) is 0 Å². The van der Waals surface area contributed by atoms with Crippen LogP contribution < -0.4 is 0 Å². The van der Waals surface area contributed by atoms with Gasteiger partial charge in [0.1, 0.15) is 11.6 Å². The number of hydrogen-bond donors (Lipinski definition) is 0. The molecule has 2 aromatic heterocycles. The molecule has 104 valence electrons. The molecule has 2 heterocycles. The van der Waals surface area contributed by atoms with Gasteiger partial charge in [0.25, 0.3) is 0 Å². The van der Waals surface area contributed by atoms with Gasteiger partial charge in [0.15, 0.2) is 0 Å². The third-order valence-electron chi connectivity index (χ3n) is 2.93. The van der Waals surface area contributed by atoms with Crippen LogP contribution >= 0.6 is 46.1 Å². The first kappa shape index (κ1) is 14.1. The molecule has 0 spiro atoms. The van der Waals surface area contributed by atoms with Gasteiger partial charge in [-0.25, -0.2) is 9.37 Å². The zero-order chi connectivity index (χ0) is 14.3. The van der Waals surface area contributed by atoms with Crippen molar-refractivity contribution in [2.45, 2.75) is 12.4 Å².